The van der Waals surface area contributed by atoms with Crippen molar-refractivity contribution in [1.82, 2.24) is 4.98 Å². The molecule has 0 amide bonds. The molecule has 0 aliphatic rings. The molecule has 1 aromatic carbocycles. The molecule has 112 valence electrons. The quantitative estimate of drug-likeness (QED) is 0.488. The minimum Gasteiger partial charge on any atom is -0.507 e. The normalized spacial score (nSPS) is 10.5. The van der Waals surface area contributed by atoms with Crippen molar-refractivity contribution in [2.24, 2.45) is 5.10 Å². The molecule has 2 N–H and O–H groups in total. The van der Waals surface area contributed by atoms with E-state index in [0.717, 1.165) is 18.3 Å². The topological polar surface area (TPSA) is 144 Å². The van der Waals surface area contributed by atoms with Crippen molar-refractivity contribution in [1.29, 1.82) is 0 Å². The van der Waals surface area contributed by atoms with Crippen molar-refractivity contribution >= 4 is 23.4 Å². The van der Waals surface area contributed by atoms with Crippen LogP contribution in [-0.4, -0.2) is 26.2 Å². The number of nitro benzene ring substituents is 1. The monoisotopic (exact) mass is 303 g/mol. The van der Waals surface area contributed by atoms with Crippen LogP contribution in [0.5, 0.6) is 5.75 Å². The van der Waals surface area contributed by atoms with Gasteiger partial charge in [-0.15, -0.1) is 0 Å². The molecule has 0 bridgehead atoms. The number of rotatable bonds is 5. The molecular weight excluding hydrogens is 294 g/mol. The smallest absolute Gasteiger partial charge is 0.287 e. The van der Waals surface area contributed by atoms with Crippen molar-refractivity contribution in [3.63, 3.8) is 0 Å². The average molecular weight is 303 g/mol. The molecule has 0 radical (unpaired) electrons. The van der Waals surface area contributed by atoms with Gasteiger partial charge in [0.25, 0.3) is 11.4 Å². The third kappa shape index (κ3) is 3.50. The number of non-ortho nitro benzene ring substituents is 1. The lowest BCUT2D eigenvalue weighted by atomic mass is 10.2. The van der Waals surface area contributed by atoms with Crippen molar-refractivity contribution in [3.8, 4) is 5.75 Å². The lowest BCUT2D eigenvalue weighted by molar-refractivity contribution is -0.385. The third-order valence-corrected chi connectivity index (χ3v) is 2.56. The number of aromatic nitrogens is 1. The lowest BCUT2D eigenvalue weighted by Crippen LogP contribution is -1.96. The number of hydrogen-bond donors (Lipinski definition) is 2. The summed E-state index contributed by atoms with van der Waals surface area (Å²) in [5, 5.41) is 34.5. The molecule has 2 rings (SSSR count). The lowest BCUT2D eigenvalue weighted by Gasteiger charge is -2.00. The molecule has 0 unspecified atom stereocenters. The van der Waals surface area contributed by atoms with Gasteiger partial charge >= 0.3 is 0 Å². The second kappa shape index (κ2) is 6.26. The van der Waals surface area contributed by atoms with Crippen LogP contribution in [0.4, 0.5) is 17.2 Å². The Morgan fingerprint density at radius 1 is 1.14 bits per heavy atom. The van der Waals surface area contributed by atoms with Crippen molar-refractivity contribution < 1.29 is 15.0 Å². The fourth-order valence-corrected chi connectivity index (χ4v) is 1.49. The number of phenols is 1. The van der Waals surface area contributed by atoms with Gasteiger partial charge in [-0.05, 0) is 12.1 Å². The highest BCUT2D eigenvalue weighted by molar-refractivity contribution is 5.84. The summed E-state index contributed by atoms with van der Waals surface area (Å²) in [5.41, 5.74) is 2.28. The second-order valence-electron chi connectivity index (χ2n) is 4.03. The van der Waals surface area contributed by atoms with E-state index in [1.807, 2.05) is 0 Å². The van der Waals surface area contributed by atoms with E-state index in [1.165, 1.54) is 24.4 Å². The van der Waals surface area contributed by atoms with Gasteiger partial charge in [0.15, 0.2) is 0 Å². The maximum Gasteiger partial charge on any atom is 0.287 e. The summed E-state index contributed by atoms with van der Waals surface area (Å²) < 4.78 is 0. The number of nitro groups is 2. The molecule has 1 aromatic heterocycles. The predicted molar refractivity (Wildman–Crippen MR) is 76.9 cm³/mol. The molecule has 0 spiro atoms. The summed E-state index contributed by atoms with van der Waals surface area (Å²) in [6.07, 6.45) is 2.23. The Hall–Kier alpha value is -3.56. The van der Waals surface area contributed by atoms with E-state index in [2.05, 4.69) is 15.5 Å². The highest BCUT2D eigenvalue weighted by Gasteiger charge is 2.09. The molecule has 0 saturated heterocycles. The van der Waals surface area contributed by atoms with Gasteiger partial charge in [-0.25, -0.2) is 4.98 Å². The first-order chi connectivity index (χ1) is 10.5. The Morgan fingerprint density at radius 2 is 1.82 bits per heavy atom. The SMILES string of the molecule is O=[N+]([O-])c1ccc(N/N=C\c2cc([N+](=O)[O-])ccc2O)nc1. The first kappa shape index (κ1) is 14.8. The average Bonchev–Trinajstić information content (AvgIpc) is 2.49. The molecule has 0 aliphatic heterocycles. The fourth-order valence-electron chi connectivity index (χ4n) is 1.49. The van der Waals surface area contributed by atoms with Crippen molar-refractivity contribution in [2.75, 3.05) is 5.43 Å². The molecule has 0 atom stereocenters. The number of anilines is 1. The van der Waals surface area contributed by atoms with Crippen LogP contribution < -0.4 is 5.43 Å². The van der Waals surface area contributed by atoms with Crippen molar-refractivity contribution in [2.45, 2.75) is 0 Å². The zero-order chi connectivity index (χ0) is 16.1. The maximum atomic E-state index is 10.6. The van der Waals surface area contributed by atoms with Gasteiger partial charge in [-0.2, -0.15) is 5.10 Å². The van der Waals surface area contributed by atoms with Gasteiger partial charge in [-0.1, -0.05) is 0 Å². The number of hydrogen-bond acceptors (Lipinski definition) is 8. The number of hydrazone groups is 1. The summed E-state index contributed by atoms with van der Waals surface area (Å²) in [7, 11) is 0. The highest BCUT2D eigenvalue weighted by atomic mass is 16.6. The van der Waals surface area contributed by atoms with Crippen LogP contribution in [0.3, 0.4) is 0 Å². The first-order valence-electron chi connectivity index (χ1n) is 5.84. The van der Waals surface area contributed by atoms with Crippen molar-refractivity contribution in [3.05, 3.63) is 62.3 Å². The maximum absolute atomic E-state index is 10.6. The summed E-state index contributed by atoms with van der Waals surface area (Å²) in [5.74, 6) is 0.0691. The molecule has 0 fully saturated rings. The van der Waals surface area contributed by atoms with E-state index in [-0.39, 0.29) is 28.5 Å². The molecule has 0 aliphatic carbocycles. The predicted octanol–water partition coefficient (Wildman–Crippen LogP) is 2.05. The zero-order valence-corrected chi connectivity index (χ0v) is 10.9. The number of aromatic hydroxyl groups is 1. The van der Waals surface area contributed by atoms with Gasteiger partial charge in [-0.3, -0.25) is 25.7 Å². The van der Waals surface area contributed by atoms with Crippen LogP contribution in [-0.2, 0) is 0 Å². The van der Waals surface area contributed by atoms with E-state index < -0.39 is 9.85 Å². The van der Waals surface area contributed by atoms with Crippen LogP contribution in [0.2, 0.25) is 0 Å². The fraction of sp³-hybridized carbons (Fsp3) is 0. The molecule has 10 heteroatoms. The van der Waals surface area contributed by atoms with Crippen LogP contribution in [0, 0.1) is 20.2 Å². The first-order valence-corrected chi connectivity index (χ1v) is 5.84. The third-order valence-electron chi connectivity index (χ3n) is 2.56. The number of nitrogens with one attached hydrogen (secondary N) is 1. The summed E-state index contributed by atoms with van der Waals surface area (Å²) in [4.78, 5) is 23.7. The van der Waals surface area contributed by atoms with Crippen LogP contribution in [0.1, 0.15) is 5.56 Å². The second-order valence-corrected chi connectivity index (χ2v) is 4.03. The molecule has 1 heterocycles. The minimum atomic E-state index is -0.595. The Balaban J connectivity index is 2.10. The van der Waals surface area contributed by atoms with Gasteiger partial charge in [0.1, 0.15) is 17.8 Å². The van der Waals surface area contributed by atoms with E-state index >= 15 is 0 Å². The van der Waals surface area contributed by atoms with E-state index in [4.69, 9.17) is 0 Å². The van der Waals surface area contributed by atoms with E-state index in [0.29, 0.717) is 0 Å². The standard InChI is InChI=1S/C12H9N5O5/c18-11-3-1-9(16(19)20)5-8(11)6-14-15-12-4-2-10(7-13-12)17(21)22/h1-7,18H,(H,13,15)/b14-6-. The summed E-state index contributed by atoms with van der Waals surface area (Å²) in [6, 6.07) is 6.10. The summed E-state index contributed by atoms with van der Waals surface area (Å²) >= 11 is 0. The van der Waals surface area contributed by atoms with Crippen LogP contribution in [0.15, 0.2) is 41.6 Å². The van der Waals surface area contributed by atoms with Gasteiger partial charge in [0.05, 0.1) is 16.1 Å². The van der Waals surface area contributed by atoms with Crippen LogP contribution >= 0.6 is 0 Å². The van der Waals surface area contributed by atoms with Crippen LogP contribution in [0.25, 0.3) is 0 Å². The Bertz CT molecular complexity index is 744. The summed E-state index contributed by atoms with van der Waals surface area (Å²) in [6.45, 7) is 0. The van der Waals surface area contributed by atoms with Gasteiger partial charge in [0.2, 0.25) is 0 Å². The molecule has 22 heavy (non-hydrogen) atoms. The Morgan fingerprint density at radius 3 is 2.41 bits per heavy atom. The molecule has 2 aromatic rings. The van der Waals surface area contributed by atoms with E-state index in [9.17, 15) is 25.3 Å². The molecule has 10 nitrogen and oxygen atoms in total. The Kier molecular flexibility index (Phi) is 4.22. The number of phenolic OH excluding ortho intramolecular Hbond substituents is 1. The highest BCUT2D eigenvalue weighted by Crippen LogP contribution is 2.21. The zero-order valence-electron chi connectivity index (χ0n) is 10.9. The largest absolute Gasteiger partial charge is 0.507 e. The Labute approximate surface area is 123 Å². The van der Waals surface area contributed by atoms with Gasteiger partial charge < -0.3 is 5.11 Å². The minimum absolute atomic E-state index is 0.142. The number of pyridine rings is 1. The van der Waals surface area contributed by atoms with Gasteiger partial charge in [0, 0.05) is 23.8 Å². The van der Waals surface area contributed by atoms with E-state index in [1.54, 1.807) is 0 Å². The molecule has 0 saturated carbocycles. The molecular formula is C12H9N5O5. The number of nitrogens with zero attached hydrogens (tertiary/aromatic N) is 4. The number of benzene rings is 1.